The summed E-state index contributed by atoms with van der Waals surface area (Å²) < 4.78 is 13.2. The van der Waals surface area contributed by atoms with Gasteiger partial charge in [0.05, 0.1) is 10.7 Å². The molecule has 0 aromatic heterocycles. The minimum absolute atomic E-state index is 0.0338. The molecule has 0 atom stereocenters. The van der Waals surface area contributed by atoms with Gasteiger partial charge in [-0.05, 0) is 36.4 Å². The quantitative estimate of drug-likeness (QED) is 0.758. The van der Waals surface area contributed by atoms with E-state index in [0.717, 1.165) is 6.07 Å². The molecule has 108 valence electrons. The minimum atomic E-state index is -0.511. The molecule has 4 nitrogen and oxygen atoms in total. The van der Waals surface area contributed by atoms with Gasteiger partial charge >= 0.3 is 0 Å². The van der Waals surface area contributed by atoms with Crippen molar-refractivity contribution in [2.24, 2.45) is 5.73 Å². The van der Waals surface area contributed by atoms with Crippen LogP contribution in [-0.4, -0.2) is 16.0 Å². The van der Waals surface area contributed by atoms with E-state index >= 15 is 0 Å². The third-order valence-electron chi connectivity index (χ3n) is 2.71. The highest BCUT2D eigenvalue weighted by Gasteiger charge is 2.13. The van der Waals surface area contributed by atoms with Gasteiger partial charge in [-0.1, -0.05) is 23.8 Å². The zero-order valence-corrected chi connectivity index (χ0v) is 12.1. The summed E-state index contributed by atoms with van der Waals surface area (Å²) in [4.78, 5) is 12.1. The standard InChI is InChI=1S/C14H10ClFN2O2S/c15-10-5-7(1-4-12(10)19)14(20)18-11-3-2-8(16)6-9(11)13(17)21/h1-6,19H,(H2,17,21)(H,18,20). The van der Waals surface area contributed by atoms with Crippen LogP contribution < -0.4 is 11.1 Å². The predicted molar refractivity (Wildman–Crippen MR) is 83.4 cm³/mol. The number of halogens is 2. The SMILES string of the molecule is NC(=S)c1cc(F)ccc1NC(=O)c1ccc(O)c(Cl)c1. The van der Waals surface area contributed by atoms with Crippen molar-refractivity contribution >= 4 is 40.4 Å². The van der Waals surface area contributed by atoms with Crippen molar-refractivity contribution in [2.45, 2.75) is 0 Å². The summed E-state index contributed by atoms with van der Waals surface area (Å²) in [6, 6.07) is 7.71. The van der Waals surface area contributed by atoms with E-state index in [4.69, 9.17) is 29.6 Å². The zero-order chi connectivity index (χ0) is 15.6. The lowest BCUT2D eigenvalue weighted by Crippen LogP contribution is -2.17. The molecule has 0 radical (unpaired) electrons. The molecule has 0 heterocycles. The van der Waals surface area contributed by atoms with Gasteiger partial charge in [-0.15, -0.1) is 0 Å². The Morgan fingerprint density at radius 1 is 1.29 bits per heavy atom. The number of aromatic hydroxyl groups is 1. The Labute approximate surface area is 130 Å². The second-order valence-corrected chi connectivity index (χ2v) is 5.02. The van der Waals surface area contributed by atoms with Crippen molar-refractivity contribution in [3.05, 3.63) is 58.4 Å². The molecule has 21 heavy (non-hydrogen) atoms. The van der Waals surface area contributed by atoms with Crippen molar-refractivity contribution in [3.63, 3.8) is 0 Å². The van der Waals surface area contributed by atoms with Crippen molar-refractivity contribution in [1.29, 1.82) is 0 Å². The largest absolute Gasteiger partial charge is 0.506 e. The van der Waals surface area contributed by atoms with E-state index in [1.807, 2.05) is 0 Å². The van der Waals surface area contributed by atoms with E-state index in [0.29, 0.717) is 0 Å². The lowest BCUT2D eigenvalue weighted by Gasteiger charge is -2.10. The van der Waals surface area contributed by atoms with Crippen LogP contribution >= 0.6 is 23.8 Å². The van der Waals surface area contributed by atoms with Crippen LogP contribution in [0.25, 0.3) is 0 Å². The van der Waals surface area contributed by atoms with Crippen LogP contribution in [0.3, 0.4) is 0 Å². The van der Waals surface area contributed by atoms with Crippen LogP contribution in [0.2, 0.25) is 5.02 Å². The number of nitrogens with one attached hydrogen (secondary N) is 1. The number of amides is 1. The van der Waals surface area contributed by atoms with Gasteiger partial charge in [-0.25, -0.2) is 4.39 Å². The monoisotopic (exact) mass is 324 g/mol. The van der Waals surface area contributed by atoms with Crippen LogP contribution in [0.15, 0.2) is 36.4 Å². The highest BCUT2D eigenvalue weighted by molar-refractivity contribution is 7.80. The molecule has 0 aliphatic carbocycles. The first-order valence-electron chi connectivity index (χ1n) is 5.77. The molecule has 0 bridgehead atoms. The summed E-state index contributed by atoms with van der Waals surface area (Å²) in [5, 5.41) is 11.9. The number of hydrogen-bond acceptors (Lipinski definition) is 3. The molecular weight excluding hydrogens is 315 g/mol. The molecule has 0 aliphatic heterocycles. The first kappa shape index (κ1) is 15.2. The number of benzene rings is 2. The Hall–Kier alpha value is -2.18. The van der Waals surface area contributed by atoms with Gasteiger partial charge in [-0.3, -0.25) is 4.79 Å². The first-order chi connectivity index (χ1) is 9.88. The summed E-state index contributed by atoms with van der Waals surface area (Å²) in [6.45, 7) is 0. The van der Waals surface area contributed by atoms with Gasteiger partial charge in [0.25, 0.3) is 5.91 Å². The Morgan fingerprint density at radius 2 is 2.00 bits per heavy atom. The molecule has 2 rings (SSSR count). The second kappa shape index (κ2) is 6.07. The maximum atomic E-state index is 13.2. The third-order valence-corrected chi connectivity index (χ3v) is 3.23. The van der Waals surface area contributed by atoms with E-state index in [2.05, 4.69) is 5.32 Å². The molecule has 2 aromatic rings. The van der Waals surface area contributed by atoms with Crippen LogP contribution in [0.4, 0.5) is 10.1 Å². The van der Waals surface area contributed by atoms with Crippen molar-refractivity contribution in [2.75, 3.05) is 5.32 Å². The number of anilines is 1. The first-order valence-corrected chi connectivity index (χ1v) is 6.56. The topological polar surface area (TPSA) is 75.3 Å². The number of hydrogen-bond donors (Lipinski definition) is 3. The molecule has 4 N–H and O–H groups in total. The summed E-state index contributed by atoms with van der Waals surface area (Å²) in [5.74, 6) is -1.12. The second-order valence-electron chi connectivity index (χ2n) is 4.17. The van der Waals surface area contributed by atoms with Gasteiger partial charge in [0.2, 0.25) is 0 Å². The van der Waals surface area contributed by atoms with Gasteiger partial charge in [0, 0.05) is 11.1 Å². The van der Waals surface area contributed by atoms with Gasteiger partial charge in [0.1, 0.15) is 16.6 Å². The van der Waals surface area contributed by atoms with E-state index < -0.39 is 11.7 Å². The van der Waals surface area contributed by atoms with E-state index in [1.165, 1.54) is 30.3 Å². The maximum absolute atomic E-state index is 13.2. The Balaban J connectivity index is 2.31. The summed E-state index contributed by atoms with van der Waals surface area (Å²) in [5.41, 5.74) is 6.25. The van der Waals surface area contributed by atoms with E-state index in [9.17, 15) is 14.3 Å². The molecule has 0 spiro atoms. The van der Waals surface area contributed by atoms with Crippen LogP contribution in [0.1, 0.15) is 15.9 Å². The summed E-state index contributed by atoms with van der Waals surface area (Å²) in [7, 11) is 0. The number of phenols is 1. The smallest absolute Gasteiger partial charge is 0.255 e. The molecule has 0 saturated carbocycles. The molecule has 0 unspecified atom stereocenters. The molecule has 0 saturated heterocycles. The zero-order valence-electron chi connectivity index (χ0n) is 10.6. The lowest BCUT2D eigenvalue weighted by atomic mass is 10.1. The fourth-order valence-electron chi connectivity index (χ4n) is 1.67. The van der Waals surface area contributed by atoms with E-state index in [1.54, 1.807) is 0 Å². The number of nitrogens with two attached hydrogens (primary N) is 1. The fourth-order valence-corrected chi connectivity index (χ4v) is 2.02. The molecule has 7 heteroatoms. The number of thiocarbonyl (C=S) groups is 1. The molecular formula is C14H10ClFN2O2S. The van der Waals surface area contributed by atoms with Crippen LogP contribution in [0.5, 0.6) is 5.75 Å². The predicted octanol–water partition coefficient (Wildman–Crippen LogP) is 3.07. The van der Waals surface area contributed by atoms with Crippen LogP contribution in [-0.2, 0) is 0 Å². The fraction of sp³-hybridized carbons (Fsp3) is 0. The molecule has 1 amide bonds. The average Bonchev–Trinajstić information content (AvgIpc) is 2.43. The van der Waals surface area contributed by atoms with E-state index in [-0.39, 0.29) is 32.6 Å². The highest BCUT2D eigenvalue weighted by Crippen LogP contribution is 2.24. The number of carbonyl (C=O) groups excluding carboxylic acids is 1. The number of rotatable bonds is 3. The van der Waals surface area contributed by atoms with Crippen molar-refractivity contribution in [3.8, 4) is 5.75 Å². The Bertz CT molecular complexity index is 737. The number of carbonyl (C=O) groups is 1. The maximum Gasteiger partial charge on any atom is 0.255 e. The number of phenolic OH excluding ortho intramolecular Hbond substituents is 1. The van der Waals surface area contributed by atoms with Crippen molar-refractivity contribution < 1.29 is 14.3 Å². The minimum Gasteiger partial charge on any atom is -0.506 e. The lowest BCUT2D eigenvalue weighted by molar-refractivity contribution is 0.102. The Morgan fingerprint density at radius 3 is 2.62 bits per heavy atom. The van der Waals surface area contributed by atoms with Gasteiger partial charge in [-0.2, -0.15) is 0 Å². The summed E-state index contributed by atoms with van der Waals surface area (Å²) in [6.07, 6.45) is 0. The molecule has 2 aromatic carbocycles. The average molecular weight is 325 g/mol. The third kappa shape index (κ3) is 3.48. The molecule has 0 fully saturated rings. The van der Waals surface area contributed by atoms with Crippen molar-refractivity contribution in [1.82, 2.24) is 0 Å². The molecule has 0 aliphatic rings. The van der Waals surface area contributed by atoms with Gasteiger partial charge < -0.3 is 16.2 Å². The van der Waals surface area contributed by atoms with Gasteiger partial charge in [0.15, 0.2) is 0 Å². The normalized spacial score (nSPS) is 10.2. The Kier molecular flexibility index (Phi) is 4.40. The van der Waals surface area contributed by atoms with Crippen LogP contribution in [0, 0.1) is 5.82 Å². The highest BCUT2D eigenvalue weighted by atomic mass is 35.5. The summed E-state index contributed by atoms with van der Waals surface area (Å²) >= 11 is 10.6.